The van der Waals surface area contributed by atoms with Gasteiger partial charge in [0, 0.05) is 18.3 Å². The normalized spacial score (nSPS) is 10.7. The monoisotopic (exact) mass is 271 g/mol. The van der Waals surface area contributed by atoms with E-state index in [-0.39, 0.29) is 17.3 Å². The Balaban J connectivity index is 2.09. The zero-order chi connectivity index (χ0) is 14.1. The fourth-order valence-corrected chi connectivity index (χ4v) is 1.93. The number of fused-ring (bicyclic) bond motifs is 1. The molecule has 3 rings (SSSR count). The molecule has 1 aromatic heterocycles. The van der Waals surface area contributed by atoms with Gasteiger partial charge in [-0.25, -0.2) is 4.39 Å². The molecule has 2 N–H and O–H groups in total. The van der Waals surface area contributed by atoms with Gasteiger partial charge in [0.25, 0.3) is 0 Å². The SMILES string of the molecule is Oc1cc(O)c2c(Oc3ccc(F)cc3)ccnc2c1. The van der Waals surface area contributed by atoms with E-state index in [0.717, 1.165) is 0 Å². The van der Waals surface area contributed by atoms with Crippen molar-refractivity contribution in [1.29, 1.82) is 0 Å². The minimum Gasteiger partial charge on any atom is -0.508 e. The molecular formula is C15H10FNO3. The number of phenols is 2. The molecule has 0 radical (unpaired) electrons. The van der Waals surface area contributed by atoms with Crippen LogP contribution < -0.4 is 4.74 Å². The molecule has 0 spiro atoms. The maximum absolute atomic E-state index is 12.9. The highest BCUT2D eigenvalue weighted by Gasteiger charge is 2.10. The Labute approximate surface area is 113 Å². The Kier molecular flexibility index (Phi) is 2.87. The summed E-state index contributed by atoms with van der Waals surface area (Å²) in [6.45, 7) is 0. The zero-order valence-corrected chi connectivity index (χ0v) is 10.2. The van der Waals surface area contributed by atoms with E-state index < -0.39 is 0 Å². The first-order valence-corrected chi connectivity index (χ1v) is 5.87. The van der Waals surface area contributed by atoms with E-state index in [4.69, 9.17) is 4.74 Å². The molecule has 0 atom stereocenters. The molecule has 0 amide bonds. The molecule has 20 heavy (non-hydrogen) atoms. The topological polar surface area (TPSA) is 62.6 Å². The van der Waals surface area contributed by atoms with E-state index in [1.54, 1.807) is 6.07 Å². The van der Waals surface area contributed by atoms with Crippen LogP contribution in [-0.2, 0) is 0 Å². The highest BCUT2D eigenvalue weighted by Crippen LogP contribution is 2.37. The van der Waals surface area contributed by atoms with Crippen molar-refractivity contribution in [3.05, 3.63) is 54.5 Å². The summed E-state index contributed by atoms with van der Waals surface area (Å²) in [6.07, 6.45) is 1.50. The molecule has 4 nitrogen and oxygen atoms in total. The van der Waals surface area contributed by atoms with Crippen LogP contribution in [0, 0.1) is 5.82 Å². The molecule has 2 aromatic carbocycles. The standard InChI is InChI=1S/C15H10FNO3/c16-9-1-3-11(4-2-9)20-14-5-6-17-12-7-10(18)8-13(19)15(12)14/h1-8,18-19H. The van der Waals surface area contributed by atoms with Gasteiger partial charge in [-0.3, -0.25) is 4.98 Å². The Bertz CT molecular complexity index is 772. The van der Waals surface area contributed by atoms with Gasteiger partial charge < -0.3 is 14.9 Å². The summed E-state index contributed by atoms with van der Waals surface area (Å²) in [6, 6.07) is 9.75. The average Bonchev–Trinajstić information content (AvgIpc) is 2.41. The number of hydrogen-bond donors (Lipinski definition) is 2. The molecule has 5 heteroatoms. The third-order valence-corrected chi connectivity index (χ3v) is 2.81. The number of benzene rings is 2. The molecule has 0 aliphatic carbocycles. The molecule has 0 fully saturated rings. The largest absolute Gasteiger partial charge is 0.508 e. The van der Waals surface area contributed by atoms with Crippen molar-refractivity contribution in [1.82, 2.24) is 4.98 Å². The molecule has 3 aromatic rings. The second-order valence-corrected chi connectivity index (χ2v) is 4.22. The van der Waals surface area contributed by atoms with E-state index in [1.165, 1.54) is 42.6 Å². The molecule has 0 unspecified atom stereocenters. The maximum atomic E-state index is 12.9. The van der Waals surface area contributed by atoms with Gasteiger partial charge in [0.2, 0.25) is 0 Å². The number of ether oxygens (including phenoxy) is 1. The second-order valence-electron chi connectivity index (χ2n) is 4.22. The Morgan fingerprint density at radius 2 is 1.75 bits per heavy atom. The van der Waals surface area contributed by atoms with Crippen molar-refractivity contribution in [2.75, 3.05) is 0 Å². The second kappa shape index (κ2) is 4.70. The van der Waals surface area contributed by atoms with Crippen LogP contribution in [0.1, 0.15) is 0 Å². The quantitative estimate of drug-likeness (QED) is 0.747. The molecule has 100 valence electrons. The summed E-state index contributed by atoms with van der Waals surface area (Å²) in [5, 5.41) is 19.7. The first-order chi connectivity index (χ1) is 9.63. The van der Waals surface area contributed by atoms with Gasteiger partial charge in [-0.1, -0.05) is 0 Å². The number of pyridine rings is 1. The minimum atomic E-state index is -0.357. The molecule has 0 saturated carbocycles. The van der Waals surface area contributed by atoms with Crippen molar-refractivity contribution >= 4 is 10.9 Å². The van der Waals surface area contributed by atoms with Crippen LogP contribution in [0.15, 0.2) is 48.7 Å². The van der Waals surface area contributed by atoms with Crippen LogP contribution in [0.25, 0.3) is 10.9 Å². The molecule has 0 aliphatic rings. The third-order valence-electron chi connectivity index (χ3n) is 2.81. The number of aromatic hydroxyl groups is 2. The van der Waals surface area contributed by atoms with Crippen molar-refractivity contribution in [3.63, 3.8) is 0 Å². The van der Waals surface area contributed by atoms with E-state index >= 15 is 0 Å². The van der Waals surface area contributed by atoms with E-state index in [1.807, 2.05) is 0 Å². The summed E-state index contributed by atoms with van der Waals surface area (Å²) < 4.78 is 18.5. The van der Waals surface area contributed by atoms with Crippen LogP contribution >= 0.6 is 0 Å². The number of hydrogen-bond acceptors (Lipinski definition) is 4. The zero-order valence-electron chi connectivity index (χ0n) is 10.2. The van der Waals surface area contributed by atoms with Crippen molar-refractivity contribution in [2.45, 2.75) is 0 Å². The molecule has 0 bridgehead atoms. The number of aromatic nitrogens is 1. The van der Waals surface area contributed by atoms with Gasteiger partial charge in [-0.2, -0.15) is 0 Å². The number of halogens is 1. The van der Waals surface area contributed by atoms with Crippen LogP contribution in [0.2, 0.25) is 0 Å². The van der Waals surface area contributed by atoms with Gasteiger partial charge in [-0.05, 0) is 30.3 Å². The summed E-state index contributed by atoms with van der Waals surface area (Å²) >= 11 is 0. The number of rotatable bonds is 2. The van der Waals surface area contributed by atoms with E-state index in [2.05, 4.69) is 4.98 Å². The first kappa shape index (κ1) is 12.2. The third kappa shape index (κ3) is 2.21. The van der Waals surface area contributed by atoms with Gasteiger partial charge in [0.05, 0.1) is 10.9 Å². The summed E-state index contributed by atoms with van der Waals surface area (Å²) in [5.41, 5.74) is 0.405. The minimum absolute atomic E-state index is 0.0820. The van der Waals surface area contributed by atoms with Gasteiger partial charge in [0.1, 0.15) is 28.8 Å². The Hall–Kier alpha value is -2.82. The van der Waals surface area contributed by atoms with Crippen molar-refractivity contribution in [2.24, 2.45) is 0 Å². The number of phenolic OH excluding ortho intramolecular Hbond substituents is 2. The Morgan fingerprint density at radius 3 is 2.50 bits per heavy atom. The average molecular weight is 271 g/mol. The fourth-order valence-electron chi connectivity index (χ4n) is 1.93. The van der Waals surface area contributed by atoms with Gasteiger partial charge >= 0.3 is 0 Å². The summed E-state index contributed by atoms with van der Waals surface area (Å²) in [4.78, 5) is 4.06. The van der Waals surface area contributed by atoms with Crippen molar-refractivity contribution in [3.8, 4) is 23.0 Å². The first-order valence-electron chi connectivity index (χ1n) is 5.87. The highest BCUT2D eigenvalue weighted by atomic mass is 19.1. The molecule has 0 saturated heterocycles. The lowest BCUT2D eigenvalue weighted by Crippen LogP contribution is -1.88. The predicted octanol–water partition coefficient (Wildman–Crippen LogP) is 3.58. The Morgan fingerprint density at radius 1 is 1.00 bits per heavy atom. The lowest BCUT2D eigenvalue weighted by molar-refractivity contribution is 0.450. The molecule has 1 heterocycles. The summed E-state index contributed by atoms with van der Waals surface area (Å²) in [7, 11) is 0. The van der Waals surface area contributed by atoms with Crippen LogP contribution in [0.5, 0.6) is 23.0 Å². The fraction of sp³-hybridized carbons (Fsp3) is 0. The maximum Gasteiger partial charge on any atom is 0.142 e. The lowest BCUT2D eigenvalue weighted by atomic mass is 10.1. The smallest absolute Gasteiger partial charge is 0.142 e. The van der Waals surface area contributed by atoms with Crippen LogP contribution in [0.3, 0.4) is 0 Å². The van der Waals surface area contributed by atoms with Crippen LogP contribution in [-0.4, -0.2) is 15.2 Å². The lowest BCUT2D eigenvalue weighted by Gasteiger charge is -2.10. The highest BCUT2D eigenvalue weighted by molar-refractivity contribution is 5.91. The van der Waals surface area contributed by atoms with E-state index in [9.17, 15) is 14.6 Å². The molecular weight excluding hydrogens is 261 g/mol. The van der Waals surface area contributed by atoms with Gasteiger partial charge in [-0.15, -0.1) is 0 Å². The number of nitrogens with zero attached hydrogens (tertiary/aromatic N) is 1. The summed E-state index contributed by atoms with van der Waals surface area (Å²) in [5.74, 6) is 0.238. The molecule has 0 aliphatic heterocycles. The predicted molar refractivity (Wildman–Crippen MR) is 71.5 cm³/mol. The van der Waals surface area contributed by atoms with Crippen LogP contribution in [0.4, 0.5) is 4.39 Å². The van der Waals surface area contributed by atoms with E-state index in [0.29, 0.717) is 22.4 Å². The van der Waals surface area contributed by atoms with Crippen molar-refractivity contribution < 1.29 is 19.3 Å². The van der Waals surface area contributed by atoms with Gasteiger partial charge in [0.15, 0.2) is 0 Å².